The maximum Gasteiger partial charge on any atom is 0.195 e. The SMILES string of the molecule is NCCCc1nc(-c2ccc(F)c(F)c2F)n[nH]1. The van der Waals surface area contributed by atoms with Crippen LogP contribution in [0.1, 0.15) is 12.2 Å². The lowest BCUT2D eigenvalue weighted by atomic mass is 10.2. The van der Waals surface area contributed by atoms with Crippen molar-refractivity contribution in [2.45, 2.75) is 12.8 Å². The zero-order valence-electron chi connectivity index (χ0n) is 9.38. The fraction of sp³-hybridized carbons (Fsp3) is 0.273. The van der Waals surface area contributed by atoms with Crippen molar-refractivity contribution in [3.8, 4) is 11.4 Å². The van der Waals surface area contributed by atoms with Crippen molar-refractivity contribution in [3.05, 3.63) is 35.4 Å². The average Bonchev–Trinajstić information content (AvgIpc) is 2.82. The molecule has 18 heavy (non-hydrogen) atoms. The number of nitrogens with zero attached hydrogens (tertiary/aromatic N) is 2. The Hall–Kier alpha value is -1.89. The quantitative estimate of drug-likeness (QED) is 0.819. The maximum absolute atomic E-state index is 13.5. The number of H-pyrrole nitrogens is 1. The van der Waals surface area contributed by atoms with Gasteiger partial charge >= 0.3 is 0 Å². The second-order valence-electron chi connectivity index (χ2n) is 3.72. The third kappa shape index (κ3) is 2.35. The molecule has 1 heterocycles. The Labute approximate surface area is 101 Å². The van der Waals surface area contributed by atoms with Crippen molar-refractivity contribution in [2.75, 3.05) is 6.54 Å². The van der Waals surface area contributed by atoms with Crippen LogP contribution in [0, 0.1) is 17.5 Å². The van der Waals surface area contributed by atoms with Gasteiger partial charge in [-0.3, -0.25) is 5.10 Å². The first kappa shape index (κ1) is 12.6. The molecule has 0 atom stereocenters. The highest BCUT2D eigenvalue weighted by Crippen LogP contribution is 2.23. The fourth-order valence-corrected chi connectivity index (χ4v) is 1.50. The van der Waals surface area contributed by atoms with E-state index in [4.69, 9.17) is 5.73 Å². The van der Waals surface area contributed by atoms with Crippen LogP contribution in [0.25, 0.3) is 11.4 Å². The number of aromatic nitrogens is 3. The summed E-state index contributed by atoms with van der Waals surface area (Å²) in [4.78, 5) is 4.00. The van der Waals surface area contributed by atoms with E-state index < -0.39 is 17.5 Å². The molecular weight excluding hydrogens is 245 g/mol. The third-order valence-corrected chi connectivity index (χ3v) is 2.43. The van der Waals surface area contributed by atoms with E-state index in [-0.39, 0.29) is 11.4 Å². The van der Waals surface area contributed by atoms with Crippen LogP contribution < -0.4 is 5.73 Å². The first-order valence-corrected chi connectivity index (χ1v) is 5.38. The average molecular weight is 256 g/mol. The van der Waals surface area contributed by atoms with Crippen LogP contribution in [0.4, 0.5) is 13.2 Å². The Morgan fingerprint density at radius 1 is 1.17 bits per heavy atom. The zero-order chi connectivity index (χ0) is 13.1. The molecule has 0 saturated carbocycles. The van der Waals surface area contributed by atoms with Crippen LogP contribution in [0.3, 0.4) is 0 Å². The van der Waals surface area contributed by atoms with E-state index in [2.05, 4.69) is 15.2 Å². The molecule has 1 aromatic carbocycles. The van der Waals surface area contributed by atoms with E-state index in [0.717, 1.165) is 12.1 Å². The normalized spacial score (nSPS) is 10.9. The summed E-state index contributed by atoms with van der Waals surface area (Å²) in [6, 6.07) is 1.94. The minimum Gasteiger partial charge on any atom is -0.330 e. The summed E-state index contributed by atoms with van der Waals surface area (Å²) < 4.78 is 39.3. The van der Waals surface area contributed by atoms with Gasteiger partial charge in [0.25, 0.3) is 0 Å². The van der Waals surface area contributed by atoms with Crippen molar-refractivity contribution >= 4 is 0 Å². The molecule has 7 heteroatoms. The van der Waals surface area contributed by atoms with Gasteiger partial charge in [0.05, 0.1) is 5.56 Å². The summed E-state index contributed by atoms with van der Waals surface area (Å²) in [6.45, 7) is 0.496. The summed E-state index contributed by atoms with van der Waals surface area (Å²) in [6.07, 6.45) is 1.27. The van der Waals surface area contributed by atoms with Crippen LogP contribution in [0.2, 0.25) is 0 Å². The minimum atomic E-state index is -1.53. The second kappa shape index (κ2) is 5.18. The van der Waals surface area contributed by atoms with E-state index >= 15 is 0 Å². The molecule has 0 unspecified atom stereocenters. The number of aryl methyl sites for hydroxylation is 1. The van der Waals surface area contributed by atoms with E-state index in [0.29, 0.717) is 25.2 Å². The molecule has 1 aromatic heterocycles. The van der Waals surface area contributed by atoms with Crippen molar-refractivity contribution in [2.24, 2.45) is 5.73 Å². The first-order chi connectivity index (χ1) is 8.63. The third-order valence-electron chi connectivity index (χ3n) is 2.43. The highest BCUT2D eigenvalue weighted by molar-refractivity contribution is 5.55. The van der Waals surface area contributed by atoms with Gasteiger partial charge in [0.2, 0.25) is 0 Å². The van der Waals surface area contributed by atoms with Crippen LogP contribution in [-0.4, -0.2) is 21.7 Å². The molecule has 0 aliphatic rings. The maximum atomic E-state index is 13.5. The predicted molar refractivity (Wildman–Crippen MR) is 59.1 cm³/mol. The number of nitrogens with one attached hydrogen (secondary N) is 1. The highest BCUT2D eigenvalue weighted by atomic mass is 19.2. The van der Waals surface area contributed by atoms with Crippen LogP contribution in [0.5, 0.6) is 0 Å². The molecule has 0 fully saturated rings. The smallest absolute Gasteiger partial charge is 0.195 e. The van der Waals surface area contributed by atoms with Gasteiger partial charge < -0.3 is 5.73 Å². The van der Waals surface area contributed by atoms with Crippen molar-refractivity contribution in [3.63, 3.8) is 0 Å². The molecule has 0 aliphatic carbocycles. The first-order valence-electron chi connectivity index (χ1n) is 5.38. The zero-order valence-corrected chi connectivity index (χ0v) is 9.38. The molecule has 96 valence electrons. The second-order valence-corrected chi connectivity index (χ2v) is 3.72. The Balaban J connectivity index is 2.31. The van der Waals surface area contributed by atoms with Gasteiger partial charge in [-0.05, 0) is 25.1 Å². The highest BCUT2D eigenvalue weighted by Gasteiger charge is 2.17. The Morgan fingerprint density at radius 3 is 2.67 bits per heavy atom. The summed E-state index contributed by atoms with van der Waals surface area (Å²) in [7, 11) is 0. The lowest BCUT2D eigenvalue weighted by molar-refractivity contribution is 0.448. The van der Waals surface area contributed by atoms with E-state index in [1.807, 2.05) is 0 Å². The number of hydrogen-bond donors (Lipinski definition) is 2. The topological polar surface area (TPSA) is 67.6 Å². The van der Waals surface area contributed by atoms with E-state index in [9.17, 15) is 13.2 Å². The Kier molecular flexibility index (Phi) is 3.61. The molecule has 0 bridgehead atoms. The minimum absolute atomic E-state index is 0.00146. The molecule has 0 aliphatic heterocycles. The van der Waals surface area contributed by atoms with Crippen molar-refractivity contribution < 1.29 is 13.2 Å². The number of rotatable bonds is 4. The van der Waals surface area contributed by atoms with E-state index in [1.54, 1.807) is 0 Å². The largest absolute Gasteiger partial charge is 0.330 e. The standard InChI is InChI=1S/C11H11F3N4/c12-7-4-3-6(9(13)10(7)14)11-16-8(17-18-11)2-1-5-15/h3-4H,1-2,5,15H2,(H,16,17,18). The van der Waals surface area contributed by atoms with Crippen LogP contribution in [0.15, 0.2) is 12.1 Å². The fourth-order valence-electron chi connectivity index (χ4n) is 1.50. The van der Waals surface area contributed by atoms with Gasteiger partial charge in [-0.1, -0.05) is 0 Å². The van der Waals surface area contributed by atoms with Gasteiger partial charge in [0.15, 0.2) is 23.3 Å². The molecule has 4 nitrogen and oxygen atoms in total. The summed E-state index contributed by atoms with van der Waals surface area (Å²) in [5.74, 6) is -3.53. The summed E-state index contributed by atoms with van der Waals surface area (Å²) >= 11 is 0. The number of aromatic amines is 1. The van der Waals surface area contributed by atoms with Gasteiger partial charge in [-0.25, -0.2) is 18.2 Å². The molecule has 3 N–H and O–H groups in total. The monoisotopic (exact) mass is 256 g/mol. The Bertz CT molecular complexity index is 553. The van der Waals surface area contributed by atoms with Gasteiger partial charge in [-0.15, -0.1) is 0 Å². The van der Waals surface area contributed by atoms with E-state index in [1.165, 1.54) is 0 Å². The molecule has 0 radical (unpaired) electrons. The molecule has 0 saturated heterocycles. The Morgan fingerprint density at radius 2 is 1.94 bits per heavy atom. The molecular formula is C11H11F3N4. The lowest BCUT2D eigenvalue weighted by Crippen LogP contribution is -2.01. The molecule has 0 spiro atoms. The van der Waals surface area contributed by atoms with Crippen molar-refractivity contribution in [1.82, 2.24) is 15.2 Å². The molecule has 2 aromatic rings. The number of halogens is 3. The number of benzene rings is 1. The summed E-state index contributed by atoms with van der Waals surface area (Å²) in [5, 5.41) is 6.37. The number of nitrogens with two attached hydrogens (primary N) is 1. The molecule has 2 rings (SSSR count). The van der Waals surface area contributed by atoms with Crippen LogP contribution >= 0.6 is 0 Å². The van der Waals surface area contributed by atoms with Gasteiger partial charge in [0, 0.05) is 6.42 Å². The van der Waals surface area contributed by atoms with Gasteiger partial charge in [-0.2, -0.15) is 5.10 Å². The van der Waals surface area contributed by atoms with Gasteiger partial charge in [0.1, 0.15) is 5.82 Å². The lowest BCUT2D eigenvalue weighted by Gasteiger charge is -1.99. The predicted octanol–water partition coefficient (Wildman–Crippen LogP) is 1.78. The molecule has 0 amide bonds. The van der Waals surface area contributed by atoms with Crippen molar-refractivity contribution in [1.29, 1.82) is 0 Å². The van der Waals surface area contributed by atoms with Crippen LogP contribution in [-0.2, 0) is 6.42 Å². The summed E-state index contributed by atoms with van der Waals surface area (Å²) in [5.41, 5.74) is 5.16. The number of hydrogen-bond acceptors (Lipinski definition) is 3.